The molecule has 0 spiro atoms. The van der Waals surface area contributed by atoms with Gasteiger partial charge in [0.1, 0.15) is 0 Å². The topological polar surface area (TPSA) is 83.7 Å². The van der Waals surface area contributed by atoms with E-state index >= 15 is 0 Å². The third kappa shape index (κ3) is 4.67. The molecular formula is C20H24N2O4. The van der Waals surface area contributed by atoms with E-state index in [9.17, 15) is 20.0 Å². The Morgan fingerprint density at radius 2 is 1.81 bits per heavy atom. The van der Waals surface area contributed by atoms with E-state index in [4.69, 9.17) is 0 Å². The molecule has 0 saturated carbocycles. The van der Waals surface area contributed by atoms with Crippen molar-refractivity contribution in [2.75, 3.05) is 13.2 Å². The van der Waals surface area contributed by atoms with Gasteiger partial charge >= 0.3 is 0 Å². The van der Waals surface area contributed by atoms with E-state index in [1.54, 1.807) is 12.1 Å². The highest BCUT2D eigenvalue weighted by Gasteiger charge is 2.27. The summed E-state index contributed by atoms with van der Waals surface area (Å²) in [5.41, 5.74) is 1.28. The third-order valence-corrected chi connectivity index (χ3v) is 4.12. The molecule has 0 fully saturated rings. The molecule has 0 saturated heterocycles. The predicted molar refractivity (Wildman–Crippen MR) is 100 cm³/mol. The van der Waals surface area contributed by atoms with Crippen molar-refractivity contribution in [2.24, 2.45) is 0 Å². The Hall–Kier alpha value is -2.73. The van der Waals surface area contributed by atoms with Crippen LogP contribution in [0.1, 0.15) is 42.3 Å². The predicted octanol–water partition coefficient (Wildman–Crippen LogP) is 3.53. The number of carbonyl (C=O) groups excluding carboxylic acids is 1. The summed E-state index contributed by atoms with van der Waals surface area (Å²) in [6.07, 6.45) is 0. The molecule has 26 heavy (non-hydrogen) atoms. The smallest absolute Gasteiger partial charge is 0.273 e. The standard InChI is InChI=1S/C20H24N2O4/c1-20(2,3)17-10-9-16(13-18(17)22(25)26)19(24)21(11-12-23)14-15-7-5-4-6-8-15/h4-10,13,23H,11-12,14H2,1-3H3. The quantitative estimate of drug-likeness (QED) is 0.634. The van der Waals surface area contributed by atoms with Crippen LogP contribution in [0.25, 0.3) is 0 Å². The van der Waals surface area contributed by atoms with Crippen LogP contribution in [0.3, 0.4) is 0 Å². The number of nitro groups is 1. The molecule has 2 rings (SSSR count). The number of aliphatic hydroxyl groups excluding tert-OH is 1. The van der Waals surface area contributed by atoms with Gasteiger partial charge in [-0.15, -0.1) is 0 Å². The van der Waals surface area contributed by atoms with Gasteiger partial charge in [-0.05, 0) is 17.0 Å². The highest BCUT2D eigenvalue weighted by Crippen LogP contribution is 2.32. The molecule has 2 aromatic carbocycles. The van der Waals surface area contributed by atoms with Crippen molar-refractivity contribution in [2.45, 2.75) is 32.7 Å². The van der Waals surface area contributed by atoms with Crippen LogP contribution in [0.4, 0.5) is 5.69 Å². The second kappa shape index (κ2) is 8.10. The van der Waals surface area contributed by atoms with Gasteiger partial charge in [0.15, 0.2) is 0 Å². The van der Waals surface area contributed by atoms with Gasteiger partial charge in [0.05, 0.1) is 11.5 Å². The van der Waals surface area contributed by atoms with E-state index in [-0.39, 0.29) is 30.3 Å². The molecule has 0 aliphatic carbocycles. The Morgan fingerprint density at radius 3 is 2.35 bits per heavy atom. The maximum atomic E-state index is 12.9. The van der Waals surface area contributed by atoms with Crippen LogP contribution in [0.5, 0.6) is 0 Å². The average molecular weight is 356 g/mol. The maximum absolute atomic E-state index is 12.9. The van der Waals surface area contributed by atoms with Crippen molar-refractivity contribution >= 4 is 11.6 Å². The minimum absolute atomic E-state index is 0.0630. The SMILES string of the molecule is CC(C)(C)c1ccc(C(=O)N(CCO)Cc2ccccc2)cc1[N+](=O)[O-]. The van der Waals surface area contributed by atoms with Crippen molar-refractivity contribution < 1.29 is 14.8 Å². The molecule has 0 atom stereocenters. The maximum Gasteiger partial charge on any atom is 0.273 e. The summed E-state index contributed by atoms with van der Waals surface area (Å²) in [5.74, 6) is -0.341. The minimum atomic E-state index is -0.453. The zero-order valence-electron chi connectivity index (χ0n) is 15.3. The minimum Gasteiger partial charge on any atom is -0.395 e. The highest BCUT2D eigenvalue weighted by molar-refractivity contribution is 5.95. The van der Waals surface area contributed by atoms with Crippen LogP contribution in [0.15, 0.2) is 48.5 Å². The van der Waals surface area contributed by atoms with Crippen LogP contribution in [-0.4, -0.2) is 34.0 Å². The first-order chi connectivity index (χ1) is 12.2. The number of carbonyl (C=O) groups is 1. The van der Waals surface area contributed by atoms with Gasteiger partial charge in [0.2, 0.25) is 0 Å². The molecule has 0 aromatic heterocycles. The van der Waals surface area contributed by atoms with E-state index < -0.39 is 10.3 Å². The second-order valence-corrected chi connectivity index (χ2v) is 7.17. The molecule has 0 bridgehead atoms. The fourth-order valence-corrected chi connectivity index (χ4v) is 2.81. The largest absolute Gasteiger partial charge is 0.395 e. The number of nitro benzene ring substituents is 1. The second-order valence-electron chi connectivity index (χ2n) is 7.17. The fraction of sp³-hybridized carbons (Fsp3) is 0.350. The van der Waals surface area contributed by atoms with E-state index in [0.29, 0.717) is 12.1 Å². The number of nitrogens with zero attached hydrogens (tertiary/aromatic N) is 2. The van der Waals surface area contributed by atoms with Crippen LogP contribution >= 0.6 is 0 Å². The van der Waals surface area contributed by atoms with E-state index in [2.05, 4.69) is 0 Å². The van der Waals surface area contributed by atoms with Crippen molar-refractivity contribution in [3.8, 4) is 0 Å². The number of amides is 1. The zero-order valence-corrected chi connectivity index (χ0v) is 15.3. The molecule has 6 nitrogen and oxygen atoms in total. The molecule has 1 amide bonds. The molecular weight excluding hydrogens is 332 g/mol. The van der Waals surface area contributed by atoms with Gasteiger partial charge in [0.25, 0.3) is 11.6 Å². The van der Waals surface area contributed by atoms with E-state index in [1.165, 1.54) is 11.0 Å². The molecule has 1 N–H and O–H groups in total. The number of aliphatic hydroxyl groups is 1. The van der Waals surface area contributed by atoms with Crippen molar-refractivity contribution in [3.63, 3.8) is 0 Å². The average Bonchev–Trinajstić information content (AvgIpc) is 2.60. The first kappa shape index (κ1) is 19.6. The van der Waals surface area contributed by atoms with Crippen LogP contribution in [0, 0.1) is 10.1 Å². The first-order valence-corrected chi connectivity index (χ1v) is 8.47. The molecule has 0 unspecified atom stereocenters. The van der Waals surface area contributed by atoms with Crippen LogP contribution < -0.4 is 0 Å². The van der Waals surface area contributed by atoms with Crippen LogP contribution in [-0.2, 0) is 12.0 Å². The van der Waals surface area contributed by atoms with E-state index in [0.717, 1.165) is 5.56 Å². The lowest BCUT2D eigenvalue weighted by molar-refractivity contribution is -0.386. The van der Waals surface area contributed by atoms with Gasteiger partial charge < -0.3 is 10.0 Å². The van der Waals surface area contributed by atoms with Crippen LogP contribution in [0.2, 0.25) is 0 Å². The zero-order chi connectivity index (χ0) is 19.3. The molecule has 2 aromatic rings. The summed E-state index contributed by atoms with van der Waals surface area (Å²) >= 11 is 0. The van der Waals surface area contributed by atoms with Crippen molar-refractivity contribution in [3.05, 3.63) is 75.3 Å². The molecule has 0 heterocycles. The lowest BCUT2D eigenvalue weighted by atomic mass is 9.85. The number of hydrogen-bond donors (Lipinski definition) is 1. The Labute approximate surface area is 153 Å². The summed E-state index contributed by atoms with van der Waals surface area (Å²) in [6, 6.07) is 14.0. The lowest BCUT2D eigenvalue weighted by Gasteiger charge is -2.23. The van der Waals surface area contributed by atoms with Gasteiger partial charge in [-0.3, -0.25) is 14.9 Å². The summed E-state index contributed by atoms with van der Waals surface area (Å²) in [6.45, 7) is 5.98. The molecule has 0 aliphatic rings. The third-order valence-electron chi connectivity index (χ3n) is 4.12. The Morgan fingerprint density at radius 1 is 1.15 bits per heavy atom. The van der Waals surface area contributed by atoms with Gasteiger partial charge in [-0.25, -0.2) is 0 Å². The summed E-state index contributed by atoms with van der Waals surface area (Å²) in [5, 5.41) is 20.8. The Kier molecular flexibility index (Phi) is 6.10. The van der Waals surface area contributed by atoms with Crippen molar-refractivity contribution in [1.29, 1.82) is 0 Å². The van der Waals surface area contributed by atoms with E-state index in [1.807, 2.05) is 51.1 Å². The summed E-state index contributed by atoms with van der Waals surface area (Å²) < 4.78 is 0. The molecule has 0 aliphatic heterocycles. The molecule has 6 heteroatoms. The number of rotatable bonds is 6. The van der Waals surface area contributed by atoms with Gasteiger partial charge in [-0.1, -0.05) is 57.2 Å². The Bertz CT molecular complexity index is 782. The summed E-state index contributed by atoms with van der Waals surface area (Å²) in [4.78, 5) is 25.4. The first-order valence-electron chi connectivity index (χ1n) is 8.47. The number of hydrogen-bond acceptors (Lipinski definition) is 4. The summed E-state index contributed by atoms with van der Waals surface area (Å²) in [7, 11) is 0. The van der Waals surface area contributed by atoms with Crippen molar-refractivity contribution in [1.82, 2.24) is 4.90 Å². The molecule has 0 radical (unpaired) electrons. The molecule has 138 valence electrons. The highest BCUT2D eigenvalue weighted by atomic mass is 16.6. The number of benzene rings is 2. The fourth-order valence-electron chi connectivity index (χ4n) is 2.81. The normalized spacial score (nSPS) is 11.2. The monoisotopic (exact) mass is 356 g/mol. The lowest BCUT2D eigenvalue weighted by Crippen LogP contribution is -2.33. The Balaban J connectivity index is 2.36. The van der Waals surface area contributed by atoms with Gasteiger partial charge in [0, 0.05) is 30.3 Å². The van der Waals surface area contributed by atoms with Gasteiger partial charge in [-0.2, -0.15) is 0 Å².